The molecule has 0 aliphatic rings. The molecule has 7 heteroatoms. The fourth-order valence-electron chi connectivity index (χ4n) is 2.36. The molecule has 138 valence electrons. The van der Waals surface area contributed by atoms with Crippen LogP contribution in [0, 0.1) is 21.4 Å². The van der Waals surface area contributed by atoms with Crippen LogP contribution in [0.3, 0.4) is 0 Å². The van der Waals surface area contributed by atoms with Gasteiger partial charge in [-0.25, -0.2) is 0 Å². The van der Waals surface area contributed by atoms with Crippen molar-refractivity contribution in [2.24, 2.45) is 0 Å². The summed E-state index contributed by atoms with van der Waals surface area (Å²) in [6.07, 6.45) is 1.37. The van der Waals surface area contributed by atoms with Gasteiger partial charge in [0.25, 0.3) is 5.69 Å². The van der Waals surface area contributed by atoms with Crippen LogP contribution in [0.25, 0.3) is 6.08 Å². The van der Waals surface area contributed by atoms with Crippen LogP contribution in [0.2, 0.25) is 0 Å². The van der Waals surface area contributed by atoms with Gasteiger partial charge < -0.3 is 9.47 Å². The lowest BCUT2D eigenvalue weighted by molar-refractivity contribution is -0.384. The number of methoxy groups -OCH3 is 1. The summed E-state index contributed by atoms with van der Waals surface area (Å²) in [5.41, 5.74) is 0.284. The van der Waals surface area contributed by atoms with E-state index in [4.69, 9.17) is 9.47 Å². The van der Waals surface area contributed by atoms with E-state index in [0.717, 1.165) is 6.07 Å². The molecular weight excluding hydrogens is 348 g/mol. The molecule has 0 heterocycles. The van der Waals surface area contributed by atoms with E-state index in [2.05, 4.69) is 0 Å². The molecule has 0 unspecified atom stereocenters. The number of hydrogen-bond acceptors (Lipinski definition) is 6. The fraction of sp³-hybridized carbons (Fsp3) is 0.200. The Balaban J connectivity index is 2.38. The van der Waals surface area contributed by atoms with E-state index in [1.54, 1.807) is 18.2 Å². The van der Waals surface area contributed by atoms with E-state index in [1.165, 1.54) is 31.4 Å². The van der Waals surface area contributed by atoms with Crippen molar-refractivity contribution in [1.29, 1.82) is 5.26 Å². The van der Waals surface area contributed by atoms with Gasteiger partial charge in [-0.2, -0.15) is 5.26 Å². The Morgan fingerprint density at radius 1 is 1.22 bits per heavy atom. The summed E-state index contributed by atoms with van der Waals surface area (Å²) in [7, 11) is 1.50. The number of hydrogen-bond donors (Lipinski definition) is 0. The van der Waals surface area contributed by atoms with E-state index in [1.807, 2.05) is 19.9 Å². The van der Waals surface area contributed by atoms with E-state index in [-0.39, 0.29) is 22.9 Å². The molecule has 0 N–H and O–H groups in total. The number of nitrogens with zero attached hydrogens (tertiary/aromatic N) is 2. The van der Waals surface area contributed by atoms with Gasteiger partial charge in [0, 0.05) is 17.7 Å². The highest BCUT2D eigenvalue weighted by Crippen LogP contribution is 2.30. The lowest BCUT2D eigenvalue weighted by Gasteiger charge is -2.13. The van der Waals surface area contributed by atoms with Crippen molar-refractivity contribution < 1.29 is 19.2 Å². The van der Waals surface area contributed by atoms with Gasteiger partial charge in [0.1, 0.15) is 11.6 Å². The van der Waals surface area contributed by atoms with E-state index < -0.39 is 10.7 Å². The third-order valence-electron chi connectivity index (χ3n) is 3.55. The standard InChI is InChI=1S/C20H18N2O5/c1-13(2)27-18-8-7-14(10-19(18)26-3)9-16(12-21)20(23)15-5-4-6-17(11-15)22(24)25/h4-11,13H,1-3H3/b16-9+. The van der Waals surface area contributed by atoms with Gasteiger partial charge in [0.05, 0.1) is 18.1 Å². The van der Waals surface area contributed by atoms with Crippen LogP contribution in [-0.2, 0) is 0 Å². The number of ether oxygens (including phenoxy) is 2. The smallest absolute Gasteiger partial charge is 0.270 e. The van der Waals surface area contributed by atoms with Gasteiger partial charge in [-0.05, 0) is 37.6 Å². The normalized spacial score (nSPS) is 11.0. The Morgan fingerprint density at radius 2 is 1.96 bits per heavy atom. The monoisotopic (exact) mass is 366 g/mol. The molecule has 0 bridgehead atoms. The molecule has 7 nitrogen and oxygen atoms in total. The predicted octanol–water partition coefficient (Wildman–Crippen LogP) is 4.18. The van der Waals surface area contributed by atoms with Gasteiger partial charge in [-0.15, -0.1) is 0 Å². The second kappa shape index (κ2) is 8.63. The molecular formula is C20H18N2O5. The summed E-state index contributed by atoms with van der Waals surface area (Å²) >= 11 is 0. The average molecular weight is 366 g/mol. The maximum Gasteiger partial charge on any atom is 0.270 e. The molecule has 0 saturated heterocycles. The number of nitro benzene ring substituents is 1. The second-order valence-corrected chi connectivity index (χ2v) is 5.88. The number of nitriles is 1. The van der Waals surface area contributed by atoms with E-state index in [0.29, 0.717) is 17.1 Å². The van der Waals surface area contributed by atoms with Crippen molar-refractivity contribution in [2.45, 2.75) is 20.0 Å². The number of allylic oxidation sites excluding steroid dienone is 1. The topological polar surface area (TPSA) is 102 Å². The number of nitro groups is 1. The minimum Gasteiger partial charge on any atom is -0.493 e. The Bertz CT molecular complexity index is 942. The summed E-state index contributed by atoms with van der Waals surface area (Å²) in [5.74, 6) is 0.424. The molecule has 2 rings (SSSR count). The molecule has 0 atom stereocenters. The third kappa shape index (κ3) is 4.92. The first kappa shape index (κ1) is 19.7. The lowest BCUT2D eigenvalue weighted by Crippen LogP contribution is -2.06. The highest BCUT2D eigenvalue weighted by Gasteiger charge is 2.16. The molecule has 2 aromatic rings. The minimum atomic E-state index is -0.595. The van der Waals surface area contributed by atoms with Gasteiger partial charge >= 0.3 is 0 Å². The molecule has 0 spiro atoms. The van der Waals surface area contributed by atoms with Crippen molar-refractivity contribution >= 4 is 17.5 Å². The lowest BCUT2D eigenvalue weighted by atomic mass is 10.0. The molecule has 0 amide bonds. The highest BCUT2D eigenvalue weighted by molar-refractivity contribution is 6.14. The van der Waals surface area contributed by atoms with Crippen LogP contribution < -0.4 is 9.47 Å². The number of Topliss-reactive ketones (excluding diaryl/α,β-unsaturated/α-hetero) is 1. The summed E-state index contributed by atoms with van der Waals surface area (Å²) < 4.78 is 10.9. The first-order chi connectivity index (χ1) is 12.8. The van der Waals surface area contributed by atoms with Crippen LogP contribution in [0.1, 0.15) is 29.8 Å². The van der Waals surface area contributed by atoms with Crippen LogP contribution >= 0.6 is 0 Å². The fourth-order valence-corrected chi connectivity index (χ4v) is 2.36. The largest absolute Gasteiger partial charge is 0.493 e. The second-order valence-electron chi connectivity index (χ2n) is 5.88. The number of non-ortho nitro benzene ring substituents is 1. The number of ketones is 1. The zero-order valence-electron chi connectivity index (χ0n) is 15.1. The van der Waals surface area contributed by atoms with Crippen molar-refractivity contribution in [2.75, 3.05) is 7.11 Å². The van der Waals surface area contributed by atoms with Gasteiger partial charge in [0.2, 0.25) is 5.78 Å². The predicted molar refractivity (Wildman–Crippen MR) is 99.8 cm³/mol. The SMILES string of the molecule is COc1cc(/C=C(\C#N)C(=O)c2cccc([N+](=O)[O-])c2)ccc1OC(C)C. The van der Waals surface area contributed by atoms with Crippen molar-refractivity contribution in [3.63, 3.8) is 0 Å². The van der Waals surface area contributed by atoms with Gasteiger partial charge in [0.15, 0.2) is 11.5 Å². The molecule has 0 fully saturated rings. The Hall–Kier alpha value is -3.66. The average Bonchev–Trinajstić information content (AvgIpc) is 2.66. The maximum atomic E-state index is 12.6. The Morgan fingerprint density at radius 3 is 2.56 bits per heavy atom. The number of rotatable bonds is 7. The molecule has 0 aromatic heterocycles. The number of carbonyl (C=O) groups excluding carboxylic acids is 1. The number of benzene rings is 2. The van der Waals surface area contributed by atoms with Crippen LogP contribution in [0.5, 0.6) is 11.5 Å². The molecule has 0 aliphatic carbocycles. The summed E-state index contributed by atoms with van der Waals surface area (Å²) in [6.45, 7) is 3.78. The maximum absolute atomic E-state index is 12.6. The van der Waals surface area contributed by atoms with E-state index >= 15 is 0 Å². The first-order valence-electron chi connectivity index (χ1n) is 8.11. The van der Waals surface area contributed by atoms with E-state index in [9.17, 15) is 20.2 Å². The molecule has 0 radical (unpaired) electrons. The summed E-state index contributed by atoms with van der Waals surface area (Å²) in [6, 6.07) is 12.1. The van der Waals surface area contributed by atoms with Gasteiger partial charge in [-0.3, -0.25) is 14.9 Å². The Kier molecular flexibility index (Phi) is 6.28. The van der Waals surface area contributed by atoms with Crippen molar-refractivity contribution in [3.05, 3.63) is 69.3 Å². The van der Waals surface area contributed by atoms with Crippen LogP contribution in [0.15, 0.2) is 48.0 Å². The van der Waals surface area contributed by atoms with Crippen LogP contribution in [-0.4, -0.2) is 23.9 Å². The molecule has 27 heavy (non-hydrogen) atoms. The molecule has 2 aromatic carbocycles. The summed E-state index contributed by atoms with van der Waals surface area (Å²) in [4.78, 5) is 22.8. The Labute approximate surface area is 156 Å². The molecule has 0 saturated carbocycles. The first-order valence-corrected chi connectivity index (χ1v) is 8.11. The summed E-state index contributed by atoms with van der Waals surface area (Å²) in [5, 5.41) is 20.2. The van der Waals surface area contributed by atoms with Crippen LogP contribution in [0.4, 0.5) is 5.69 Å². The third-order valence-corrected chi connectivity index (χ3v) is 3.55. The quantitative estimate of drug-likeness (QED) is 0.239. The number of carbonyl (C=O) groups is 1. The minimum absolute atomic E-state index is 0.0367. The van der Waals surface area contributed by atoms with Crippen molar-refractivity contribution in [1.82, 2.24) is 0 Å². The highest BCUT2D eigenvalue weighted by atomic mass is 16.6. The zero-order valence-corrected chi connectivity index (χ0v) is 15.1. The van der Waals surface area contributed by atoms with Crippen molar-refractivity contribution in [3.8, 4) is 17.6 Å². The van der Waals surface area contributed by atoms with Gasteiger partial charge in [-0.1, -0.05) is 18.2 Å². The zero-order chi connectivity index (χ0) is 20.0. The molecule has 0 aliphatic heterocycles.